The topological polar surface area (TPSA) is 37.3 Å². The zero-order chi connectivity index (χ0) is 4.00. The fourth-order valence-corrected chi connectivity index (χ4v) is 0. The van der Waals surface area contributed by atoms with Gasteiger partial charge in [0.1, 0.15) is 0 Å². The molecule has 0 aliphatic carbocycles. The molecule has 0 unspecified atom stereocenters. The van der Waals surface area contributed by atoms with Gasteiger partial charge in [-0.25, -0.2) is 0 Å². The molecule has 4 heavy (non-hydrogen) atoms. The van der Waals surface area contributed by atoms with Crippen LogP contribution in [0.4, 0.5) is 0 Å². The molecule has 0 atom stereocenters. The zero-order valence-corrected chi connectivity index (χ0v) is 4.11. The second kappa shape index (κ2) is 70.4. The van der Waals surface area contributed by atoms with Crippen molar-refractivity contribution in [2.24, 2.45) is 0 Å². The summed E-state index contributed by atoms with van der Waals surface area (Å²) in [5.41, 5.74) is 0. The molecule has 0 aromatic carbocycles. The van der Waals surface area contributed by atoms with Crippen LogP contribution >= 0.6 is 11.9 Å². The monoisotopic (exact) mass is 96.0 g/mol. The summed E-state index contributed by atoms with van der Waals surface area (Å²) < 4.78 is 14.8. The predicted molar refractivity (Wildman–Crippen MR) is 15.9 cm³/mol. The Hall–Kier alpha value is 0.582. The number of halogens is 1. The molecule has 0 bridgehead atoms. The van der Waals surface area contributed by atoms with Crippen LogP contribution in [0.5, 0.6) is 0 Å². The number of rotatable bonds is 0. The molecule has 0 amide bonds. The van der Waals surface area contributed by atoms with Crippen molar-refractivity contribution in [3.8, 4) is 0 Å². The van der Waals surface area contributed by atoms with Crippen LogP contribution in [-0.4, -0.2) is 20.9 Å². The minimum absolute atomic E-state index is 0.611. The van der Waals surface area contributed by atoms with E-state index in [1.165, 1.54) is 0 Å². The molecule has 4 heteroatoms. The van der Waals surface area contributed by atoms with Gasteiger partial charge >= 0.3 is 20.0 Å². The summed E-state index contributed by atoms with van der Waals surface area (Å²) in [6.07, 6.45) is 0. The molecule has 0 fully saturated rings. The molecule has 0 aromatic rings. The Balaban J connectivity index is 0. The van der Waals surface area contributed by atoms with E-state index in [4.69, 9.17) is 8.46 Å². The SMILES string of the molecule is OCl.[O]=[AlH]. The normalized spacial score (nSPS) is 2.25. The molecule has 24 valence electrons. The number of hydrogen-bond donors (Lipinski definition) is 1. The predicted octanol–water partition coefficient (Wildman–Crippen LogP) is -0.635. The van der Waals surface area contributed by atoms with Crippen LogP contribution in [0.15, 0.2) is 0 Å². The van der Waals surface area contributed by atoms with Gasteiger partial charge in [-0.3, -0.25) is 4.66 Å². The fraction of sp³-hybridized carbons (Fsp3) is 0. The van der Waals surface area contributed by atoms with Gasteiger partial charge in [0.25, 0.3) is 0 Å². The van der Waals surface area contributed by atoms with Gasteiger partial charge in [0, 0.05) is 0 Å². The van der Waals surface area contributed by atoms with Crippen LogP contribution in [0.2, 0.25) is 0 Å². The Bertz CT molecular complexity index is 6.00. The van der Waals surface area contributed by atoms with Crippen molar-refractivity contribution in [3.05, 3.63) is 0 Å². The summed E-state index contributed by atoms with van der Waals surface area (Å²) in [6, 6.07) is 0. The van der Waals surface area contributed by atoms with E-state index in [0.29, 0.717) is 16.2 Å². The van der Waals surface area contributed by atoms with Gasteiger partial charge in [-0.15, -0.1) is 0 Å². The molecule has 0 heterocycles. The van der Waals surface area contributed by atoms with E-state index in [1.54, 1.807) is 0 Å². The maximum absolute atomic E-state index is 8.28. The summed E-state index contributed by atoms with van der Waals surface area (Å²) in [7, 11) is 0. The Morgan fingerprint density at radius 3 is 1.50 bits per heavy atom. The van der Waals surface area contributed by atoms with E-state index < -0.39 is 0 Å². The first-order chi connectivity index (χ1) is 2.00. The van der Waals surface area contributed by atoms with Crippen molar-refractivity contribution in [2.45, 2.75) is 0 Å². The van der Waals surface area contributed by atoms with Crippen LogP contribution in [-0.2, 0) is 3.80 Å². The van der Waals surface area contributed by atoms with Gasteiger partial charge in [0.2, 0.25) is 0 Å². The molecule has 1 N–H and O–H groups in total. The molecule has 0 rings (SSSR count). The van der Waals surface area contributed by atoms with Crippen LogP contribution < -0.4 is 0 Å². The minimum atomic E-state index is 0.611. The average Bonchev–Trinajstić information content (AvgIpc) is 1.50. The van der Waals surface area contributed by atoms with Gasteiger partial charge in [0.15, 0.2) is 0 Å². The van der Waals surface area contributed by atoms with Crippen molar-refractivity contribution in [2.75, 3.05) is 0 Å². The Labute approximate surface area is 37.2 Å². The van der Waals surface area contributed by atoms with Gasteiger partial charge in [-0.05, 0) is 0 Å². The van der Waals surface area contributed by atoms with Crippen LogP contribution in [0.1, 0.15) is 0 Å². The standard InChI is InChI=1S/Al.ClHO.O.H/c;1-2;;/h;2H;;. The van der Waals surface area contributed by atoms with Gasteiger partial charge in [0.05, 0.1) is 11.9 Å². The van der Waals surface area contributed by atoms with Crippen LogP contribution in [0.3, 0.4) is 0 Å². The fourth-order valence-electron chi connectivity index (χ4n) is 0. The molecule has 0 saturated carbocycles. The van der Waals surface area contributed by atoms with Gasteiger partial charge in [-0.1, -0.05) is 0 Å². The summed E-state index contributed by atoms with van der Waals surface area (Å²) in [5.74, 6) is 0. The first-order valence-corrected chi connectivity index (χ1v) is 1.37. The molecule has 0 spiro atoms. The maximum atomic E-state index is 8.28. The van der Waals surface area contributed by atoms with Crippen molar-refractivity contribution in [1.82, 2.24) is 0 Å². The molecule has 0 aromatic heterocycles. The van der Waals surface area contributed by atoms with Crippen molar-refractivity contribution in [1.29, 1.82) is 0 Å². The molecule has 0 aliphatic heterocycles. The van der Waals surface area contributed by atoms with Crippen molar-refractivity contribution >= 4 is 28.1 Å². The van der Waals surface area contributed by atoms with Crippen LogP contribution in [0, 0.1) is 0 Å². The molecular formula is H2AlClO2. The molecule has 0 aliphatic rings. The quantitative estimate of drug-likeness (QED) is 0.408. The average molecular weight is 96.4 g/mol. The van der Waals surface area contributed by atoms with Gasteiger partial charge < -0.3 is 0 Å². The summed E-state index contributed by atoms with van der Waals surface area (Å²) >= 11 is 4.25. The third kappa shape index (κ3) is 19.1. The van der Waals surface area contributed by atoms with Gasteiger partial charge in [-0.2, -0.15) is 0 Å². The van der Waals surface area contributed by atoms with E-state index in [9.17, 15) is 0 Å². The van der Waals surface area contributed by atoms with E-state index in [1.807, 2.05) is 0 Å². The first kappa shape index (κ1) is 8.82. The van der Waals surface area contributed by atoms with Crippen molar-refractivity contribution in [3.63, 3.8) is 0 Å². The van der Waals surface area contributed by atoms with Crippen LogP contribution in [0.25, 0.3) is 0 Å². The summed E-state index contributed by atoms with van der Waals surface area (Å²) in [6.45, 7) is 0. The molecule has 0 radical (unpaired) electrons. The molecule has 2 nitrogen and oxygen atoms in total. The zero-order valence-electron chi connectivity index (χ0n) is 1.94. The summed E-state index contributed by atoms with van der Waals surface area (Å²) in [5, 5.41) is 0. The third-order valence-electron chi connectivity index (χ3n) is 0. The second-order valence-corrected chi connectivity index (χ2v) is 0. The Morgan fingerprint density at radius 2 is 1.50 bits per heavy atom. The second-order valence-electron chi connectivity index (χ2n) is 0. The summed E-state index contributed by atoms with van der Waals surface area (Å²) in [4.78, 5) is 0. The van der Waals surface area contributed by atoms with E-state index in [0.717, 1.165) is 0 Å². The first-order valence-electron chi connectivity index (χ1n) is 0.458. The number of hydrogen-bond acceptors (Lipinski definition) is 2. The van der Waals surface area contributed by atoms with E-state index in [-0.39, 0.29) is 0 Å². The third-order valence-corrected chi connectivity index (χ3v) is 0. The van der Waals surface area contributed by atoms with Crippen molar-refractivity contribution < 1.29 is 8.46 Å². The molecular weight excluding hydrogens is 94.4 g/mol. The Kier molecular flexibility index (Phi) is 155. The van der Waals surface area contributed by atoms with E-state index >= 15 is 0 Å². The molecule has 0 saturated heterocycles. The Morgan fingerprint density at radius 1 is 1.50 bits per heavy atom. The van der Waals surface area contributed by atoms with E-state index in [2.05, 4.69) is 11.9 Å².